The van der Waals surface area contributed by atoms with Gasteiger partial charge < -0.3 is 9.73 Å². The van der Waals surface area contributed by atoms with Gasteiger partial charge in [-0.25, -0.2) is 4.98 Å². The second kappa shape index (κ2) is 5.66. The lowest BCUT2D eigenvalue weighted by Crippen LogP contribution is -2.23. The van der Waals surface area contributed by atoms with E-state index in [-0.39, 0.29) is 6.04 Å². The maximum absolute atomic E-state index is 12.5. The van der Waals surface area contributed by atoms with E-state index in [0.717, 1.165) is 12.1 Å². The first-order valence-corrected chi connectivity index (χ1v) is 6.19. The van der Waals surface area contributed by atoms with Gasteiger partial charge in [-0.05, 0) is 38.2 Å². The van der Waals surface area contributed by atoms with Gasteiger partial charge in [0.15, 0.2) is 0 Å². The Bertz CT molecular complexity index is 561. The fourth-order valence-corrected chi connectivity index (χ4v) is 1.74. The van der Waals surface area contributed by atoms with Gasteiger partial charge in [0.1, 0.15) is 5.76 Å². The summed E-state index contributed by atoms with van der Waals surface area (Å²) in [4.78, 5) is 4.09. The highest BCUT2D eigenvalue weighted by atomic mass is 19.4. The molecule has 20 heavy (non-hydrogen) atoms. The molecule has 0 amide bonds. The van der Waals surface area contributed by atoms with Crippen LogP contribution in [-0.4, -0.2) is 18.1 Å². The number of alkyl halides is 3. The van der Waals surface area contributed by atoms with Crippen LogP contribution in [0.15, 0.2) is 34.9 Å². The van der Waals surface area contributed by atoms with Gasteiger partial charge in [-0.2, -0.15) is 13.2 Å². The Labute approximate surface area is 114 Å². The van der Waals surface area contributed by atoms with Gasteiger partial charge in [-0.15, -0.1) is 0 Å². The third kappa shape index (κ3) is 3.39. The minimum Gasteiger partial charge on any atom is -0.441 e. The van der Waals surface area contributed by atoms with E-state index in [0.29, 0.717) is 23.6 Å². The molecule has 0 saturated heterocycles. The highest BCUT2D eigenvalue weighted by molar-refractivity contribution is 5.53. The average Bonchev–Trinajstić information content (AvgIpc) is 2.86. The van der Waals surface area contributed by atoms with Crippen LogP contribution in [0.3, 0.4) is 0 Å². The molecule has 1 aromatic carbocycles. The molecule has 0 bridgehead atoms. The van der Waals surface area contributed by atoms with Gasteiger partial charge in [0.05, 0.1) is 11.8 Å². The highest BCUT2D eigenvalue weighted by Crippen LogP contribution is 2.30. The predicted molar refractivity (Wildman–Crippen MR) is 69.2 cm³/mol. The summed E-state index contributed by atoms with van der Waals surface area (Å²) in [6.07, 6.45) is -2.06. The van der Waals surface area contributed by atoms with Crippen LogP contribution >= 0.6 is 0 Å². The molecule has 0 saturated carbocycles. The molecule has 1 heterocycles. The number of benzene rings is 1. The lowest BCUT2D eigenvalue weighted by Gasteiger charge is -2.07. The van der Waals surface area contributed by atoms with Crippen molar-refractivity contribution in [3.8, 4) is 11.5 Å². The Morgan fingerprint density at radius 2 is 1.90 bits per heavy atom. The largest absolute Gasteiger partial charge is 0.441 e. The molecule has 2 rings (SSSR count). The van der Waals surface area contributed by atoms with Crippen molar-refractivity contribution in [2.45, 2.75) is 25.6 Å². The topological polar surface area (TPSA) is 38.1 Å². The lowest BCUT2D eigenvalue weighted by molar-refractivity contribution is -0.137. The summed E-state index contributed by atoms with van der Waals surface area (Å²) in [5.74, 6) is 1.03. The van der Waals surface area contributed by atoms with E-state index in [9.17, 15) is 13.2 Å². The van der Waals surface area contributed by atoms with E-state index < -0.39 is 11.7 Å². The fraction of sp³-hybridized carbons (Fsp3) is 0.357. The second-order valence-electron chi connectivity index (χ2n) is 4.60. The number of aromatic nitrogens is 1. The van der Waals surface area contributed by atoms with Crippen LogP contribution < -0.4 is 5.32 Å². The molecule has 0 aliphatic carbocycles. The van der Waals surface area contributed by atoms with Crippen LogP contribution in [0, 0.1) is 0 Å². The minimum absolute atomic E-state index is 0.239. The van der Waals surface area contributed by atoms with E-state index in [4.69, 9.17) is 4.42 Å². The monoisotopic (exact) mass is 284 g/mol. The van der Waals surface area contributed by atoms with Crippen molar-refractivity contribution >= 4 is 0 Å². The van der Waals surface area contributed by atoms with Crippen LogP contribution in [0.2, 0.25) is 0 Å². The number of nitrogens with zero attached hydrogens (tertiary/aromatic N) is 1. The van der Waals surface area contributed by atoms with Crippen molar-refractivity contribution in [2.24, 2.45) is 0 Å². The zero-order chi connectivity index (χ0) is 14.8. The molecule has 1 aromatic heterocycles. The molecule has 0 radical (unpaired) electrons. The smallest absolute Gasteiger partial charge is 0.416 e. The number of hydrogen-bond acceptors (Lipinski definition) is 3. The first-order chi connectivity index (χ1) is 9.40. The van der Waals surface area contributed by atoms with E-state index >= 15 is 0 Å². The fourth-order valence-electron chi connectivity index (χ4n) is 1.74. The lowest BCUT2D eigenvalue weighted by atomic mass is 10.1. The van der Waals surface area contributed by atoms with Gasteiger partial charge in [0.2, 0.25) is 5.89 Å². The van der Waals surface area contributed by atoms with Crippen molar-refractivity contribution in [3.63, 3.8) is 0 Å². The van der Waals surface area contributed by atoms with Gasteiger partial charge in [-0.3, -0.25) is 0 Å². The summed E-state index contributed by atoms with van der Waals surface area (Å²) < 4.78 is 42.9. The summed E-state index contributed by atoms with van der Waals surface area (Å²) in [7, 11) is 1.85. The minimum atomic E-state index is -4.33. The Kier molecular flexibility index (Phi) is 4.13. The highest BCUT2D eigenvalue weighted by Gasteiger charge is 2.30. The van der Waals surface area contributed by atoms with Crippen LogP contribution in [0.4, 0.5) is 13.2 Å². The van der Waals surface area contributed by atoms with E-state index in [1.165, 1.54) is 12.1 Å². The van der Waals surface area contributed by atoms with Crippen LogP contribution in [0.25, 0.3) is 11.5 Å². The van der Waals surface area contributed by atoms with Gasteiger partial charge >= 0.3 is 6.18 Å². The molecular weight excluding hydrogens is 269 g/mol. The maximum Gasteiger partial charge on any atom is 0.416 e. The third-order valence-corrected chi connectivity index (χ3v) is 3.01. The average molecular weight is 284 g/mol. The first-order valence-electron chi connectivity index (χ1n) is 6.19. The first kappa shape index (κ1) is 14.6. The zero-order valence-electron chi connectivity index (χ0n) is 11.2. The summed E-state index contributed by atoms with van der Waals surface area (Å²) in [5, 5.41) is 3.07. The van der Waals surface area contributed by atoms with Gasteiger partial charge in [0, 0.05) is 18.0 Å². The standard InChI is InChI=1S/C14H15F3N2O/c1-9(18-2)7-12-8-19-13(20-12)10-3-5-11(6-4-10)14(15,16)17/h3-6,8-9,18H,7H2,1-2H3. The quantitative estimate of drug-likeness (QED) is 0.933. The van der Waals surface area contributed by atoms with E-state index in [1.807, 2.05) is 14.0 Å². The number of hydrogen-bond donors (Lipinski definition) is 1. The maximum atomic E-state index is 12.5. The van der Waals surface area contributed by atoms with Gasteiger partial charge in [0.25, 0.3) is 0 Å². The van der Waals surface area contributed by atoms with Crippen molar-refractivity contribution in [1.82, 2.24) is 10.3 Å². The zero-order valence-corrected chi connectivity index (χ0v) is 11.2. The predicted octanol–water partition coefficient (Wildman–Crippen LogP) is 3.51. The molecule has 0 fully saturated rings. The number of nitrogens with one attached hydrogen (secondary N) is 1. The molecule has 1 atom stereocenters. The van der Waals surface area contributed by atoms with Crippen LogP contribution in [0.1, 0.15) is 18.2 Å². The van der Waals surface area contributed by atoms with E-state index in [2.05, 4.69) is 10.3 Å². The molecule has 6 heteroatoms. The summed E-state index contributed by atoms with van der Waals surface area (Å²) >= 11 is 0. The Hall–Kier alpha value is -1.82. The van der Waals surface area contributed by atoms with Crippen molar-refractivity contribution in [1.29, 1.82) is 0 Å². The van der Waals surface area contributed by atoms with Crippen molar-refractivity contribution in [3.05, 3.63) is 41.8 Å². The SMILES string of the molecule is CNC(C)Cc1cnc(-c2ccc(C(F)(F)F)cc2)o1. The summed E-state index contributed by atoms with van der Waals surface area (Å²) in [6.45, 7) is 2.00. The number of oxazole rings is 1. The van der Waals surface area contributed by atoms with Crippen molar-refractivity contribution in [2.75, 3.05) is 7.05 Å². The molecule has 0 aliphatic heterocycles. The molecule has 1 N–H and O–H groups in total. The number of likely N-dealkylation sites (N-methyl/N-ethyl adjacent to an activating group) is 1. The number of halogens is 3. The molecule has 0 aliphatic rings. The third-order valence-electron chi connectivity index (χ3n) is 3.01. The summed E-state index contributed by atoms with van der Waals surface area (Å²) in [5.41, 5.74) is -0.154. The molecule has 3 nitrogen and oxygen atoms in total. The molecule has 1 unspecified atom stereocenters. The molecule has 108 valence electrons. The molecule has 0 spiro atoms. The molecule has 2 aromatic rings. The van der Waals surface area contributed by atoms with Crippen molar-refractivity contribution < 1.29 is 17.6 Å². The number of rotatable bonds is 4. The Morgan fingerprint density at radius 1 is 1.25 bits per heavy atom. The molecular formula is C14H15F3N2O. The Balaban J connectivity index is 2.16. The second-order valence-corrected chi connectivity index (χ2v) is 4.60. The van der Waals surface area contributed by atoms with Crippen LogP contribution in [0.5, 0.6) is 0 Å². The van der Waals surface area contributed by atoms with E-state index in [1.54, 1.807) is 6.20 Å². The van der Waals surface area contributed by atoms with Crippen LogP contribution in [-0.2, 0) is 12.6 Å². The summed E-state index contributed by atoms with van der Waals surface area (Å²) in [6, 6.07) is 5.01. The Morgan fingerprint density at radius 3 is 2.45 bits per heavy atom. The normalized spacial score (nSPS) is 13.4. The van der Waals surface area contributed by atoms with Gasteiger partial charge in [-0.1, -0.05) is 0 Å².